The Bertz CT molecular complexity index is 878. The van der Waals surface area contributed by atoms with Crippen molar-refractivity contribution in [3.63, 3.8) is 0 Å². The summed E-state index contributed by atoms with van der Waals surface area (Å²) in [5.74, 6) is -0.0443. The number of aryl methyl sites for hydroxylation is 1. The number of hydrogen-bond donors (Lipinski definition) is 1. The Morgan fingerprint density at radius 3 is 2.48 bits per heavy atom. The topological polar surface area (TPSA) is 52.7 Å². The van der Waals surface area contributed by atoms with Crippen LogP contribution in [0.1, 0.15) is 43.7 Å². The highest BCUT2D eigenvalue weighted by Gasteiger charge is 2.35. The number of para-hydroxylation sites is 2. The predicted molar refractivity (Wildman–Crippen MR) is 116 cm³/mol. The average Bonchev–Trinajstić information content (AvgIpc) is 3.25. The number of benzene rings is 2. The Morgan fingerprint density at radius 1 is 1.00 bits per heavy atom. The van der Waals surface area contributed by atoms with Gasteiger partial charge >= 0.3 is 0 Å². The van der Waals surface area contributed by atoms with E-state index in [4.69, 9.17) is 0 Å². The van der Waals surface area contributed by atoms with Gasteiger partial charge in [-0.25, -0.2) is 0 Å². The van der Waals surface area contributed by atoms with Gasteiger partial charge in [-0.1, -0.05) is 43.3 Å². The van der Waals surface area contributed by atoms with E-state index in [1.54, 1.807) is 0 Å². The van der Waals surface area contributed by atoms with Crippen molar-refractivity contribution in [2.75, 3.05) is 22.9 Å². The molecule has 1 fully saturated rings. The zero-order chi connectivity index (χ0) is 20.2. The molecule has 0 bridgehead atoms. The fourth-order valence-electron chi connectivity index (χ4n) is 4.36. The van der Waals surface area contributed by atoms with Crippen molar-refractivity contribution in [2.24, 2.45) is 0 Å². The van der Waals surface area contributed by atoms with Gasteiger partial charge in [0.25, 0.3) is 0 Å². The van der Waals surface area contributed by atoms with Crippen molar-refractivity contribution in [3.8, 4) is 0 Å². The molecule has 2 aliphatic heterocycles. The molecule has 4 rings (SSSR count). The van der Waals surface area contributed by atoms with Gasteiger partial charge in [0.05, 0.1) is 11.4 Å². The molecule has 5 nitrogen and oxygen atoms in total. The maximum absolute atomic E-state index is 12.9. The van der Waals surface area contributed by atoms with Crippen LogP contribution in [-0.4, -0.2) is 30.9 Å². The molecular weight excluding hydrogens is 362 g/mol. The largest absolute Gasteiger partial charge is 0.365 e. The van der Waals surface area contributed by atoms with E-state index in [0.717, 1.165) is 42.9 Å². The fraction of sp³-hybridized carbons (Fsp3) is 0.417. The normalized spacial score (nSPS) is 17.6. The van der Waals surface area contributed by atoms with Crippen LogP contribution in [0, 0.1) is 0 Å². The summed E-state index contributed by atoms with van der Waals surface area (Å²) < 4.78 is 0. The third-order valence-electron chi connectivity index (χ3n) is 6.04. The summed E-state index contributed by atoms with van der Waals surface area (Å²) in [4.78, 5) is 29.5. The summed E-state index contributed by atoms with van der Waals surface area (Å²) >= 11 is 0. The molecule has 1 atom stereocenters. The van der Waals surface area contributed by atoms with E-state index < -0.39 is 0 Å². The smallest absolute Gasteiger partial charge is 0.227 e. The van der Waals surface area contributed by atoms with Gasteiger partial charge in [-0.15, -0.1) is 0 Å². The molecule has 2 aliphatic rings. The maximum atomic E-state index is 12.9. The first-order valence-corrected chi connectivity index (χ1v) is 10.7. The van der Waals surface area contributed by atoms with Crippen LogP contribution in [0.2, 0.25) is 0 Å². The second-order valence-corrected chi connectivity index (χ2v) is 7.93. The van der Waals surface area contributed by atoms with Crippen LogP contribution in [0.5, 0.6) is 0 Å². The van der Waals surface area contributed by atoms with Crippen LogP contribution in [0.15, 0.2) is 48.5 Å². The first-order valence-electron chi connectivity index (χ1n) is 10.7. The molecule has 2 aromatic rings. The Balaban J connectivity index is 1.32. The van der Waals surface area contributed by atoms with Crippen LogP contribution in [0.3, 0.4) is 0 Å². The van der Waals surface area contributed by atoms with Gasteiger partial charge in [0.2, 0.25) is 11.8 Å². The van der Waals surface area contributed by atoms with E-state index in [-0.39, 0.29) is 24.7 Å². The number of fused-ring (bicyclic) bond motifs is 3. The zero-order valence-corrected chi connectivity index (χ0v) is 17.1. The minimum atomic E-state index is -0.0781. The van der Waals surface area contributed by atoms with E-state index in [2.05, 4.69) is 35.3 Å². The van der Waals surface area contributed by atoms with Gasteiger partial charge < -0.3 is 15.1 Å². The number of hydrogen-bond acceptors (Lipinski definition) is 3. The van der Waals surface area contributed by atoms with E-state index in [1.165, 1.54) is 12.0 Å². The lowest BCUT2D eigenvalue weighted by Gasteiger charge is -2.40. The second kappa shape index (κ2) is 8.68. The molecule has 5 heteroatoms. The van der Waals surface area contributed by atoms with Gasteiger partial charge in [0.1, 0.15) is 0 Å². The third-order valence-corrected chi connectivity index (χ3v) is 6.04. The Morgan fingerprint density at radius 2 is 1.72 bits per heavy atom. The molecular formula is C24H29N3O2. The van der Waals surface area contributed by atoms with Gasteiger partial charge in [-0.2, -0.15) is 0 Å². The van der Waals surface area contributed by atoms with Crippen molar-refractivity contribution in [1.29, 1.82) is 0 Å². The molecule has 2 heterocycles. The standard InChI is InChI=1S/C24H29N3O2/c1-2-18-9-11-19(12-10-18)16-25-23(28)13-14-24(29)27-17-20-6-5-15-26(20)21-7-3-4-8-22(21)27/h3-4,7-12,20H,2,5-6,13-17H2,1H3,(H,25,28). The summed E-state index contributed by atoms with van der Waals surface area (Å²) in [5, 5.41) is 2.93. The number of amides is 2. The SMILES string of the molecule is CCc1ccc(CNC(=O)CCC(=O)N2CC3CCCN3c3ccccc32)cc1. The maximum Gasteiger partial charge on any atom is 0.227 e. The summed E-state index contributed by atoms with van der Waals surface area (Å²) in [6.45, 7) is 4.41. The number of carbonyl (C=O) groups is 2. The third kappa shape index (κ3) is 4.29. The molecule has 0 spiro atoms. The van der Waals surface area contributed by atoms with Crippen LogP contribution < -0.4 is 15.1 Å². The number of anilines is 2. The first-order chi connectivity index (χ1) is 14.2. The van der Waals surface area contributed by atoms with E-state index in [0.29, 0.717) is 12.6 Å². The average molecular weight is 392 g/mol. The van der Waals surface area contributed by atoms with E-state index in [9.17, 15) is 9.59 Å². The summed E-state index contributed by atoms with van der Waals surface area (Å²) in [7, 11) is 0. The number of nitrogens with zero attached hydrogens (tertiary/aromatic N) is 2. The van der Waals surface area contributed by atoms with Crippen molar-refractivity contribution < 1.29 is 9.59 Å². The lowest BCUT2D eigenvalue weighted by atomic mass is 10.1. The van der Waals surface area contributed by atoms with Crippen LogP contribution in [0.25, 0.3) is 0 Å². The molecule has 0 aliphatic carbocycles. The highest BCUT2D eigenvalue weighted by atomic mass is 16.2. The van der Waals surface area contributed by atoms with Gasteiger partial charge in [0.15, 0.2) is 0 Å². The molecule has 0 saturated carbocycles. The van der Waals surface area contributed by atoms with Gasteiger partial charge in [-0.05, 0) is 42.5 Å². The van der Waals surface area contributed by atoms with Crippen molar-refractivity contribution in [2.45, 2.75) is 51.6 Å². The summed E-state index contributed by atoms with van der Waals surface area (Å²) in [5.41, 5.74) is 4.49. The molecule has 0 radical (unpaired) electrons. The van der Waals surface area contributed by atoms with E-state index in [1.807, 2.05) is 35.2 Å². The van der Waals surface area contributed by atoms with Crippen molar-refractivity contribution in [3.05, 3.63) is 59.7 Å². The van der Waals surface area contributed by atoms with Crippen molar-refractivity contribution in [1.82, 2.24) is 5.32 Å². The number of nitrogens with one attached hydrogen (secondary N) is 1. The lowest BCUT2D eigenvalue weighted by Crippen LogP contribution is -2.48. The highest BCUT2D eigenvalue weighted by Crippen LogP contribution is 2.39. The molecule has 1 saturated heterocycles. The molecule has 2 amide bonds. The minimum absolute atomic E-state index is 0.0337. The summed E-state index contributed by atoms with van der Waals surface area (Å²) in [6, 6.07) is 16.8. The number of carbonyl (C=O) groups excluding carboxylic acids is 2. The molecule has 1 unspecified atom stereocenters. The van der Waals surface area contributed by atoms with Crippen molar-refractivity contribution >= 4 is 23.2 Å². The predicted octanol–water partition coefficient (Wildman–Crippen LogP) is 3.66. The lowest BCUT2D eigenvalue weighted by molar-refractivity contribution is -0.125. The molecule has 152 valence electrons. The monoisotopic (exact) mass is 391 g/mol. The minimum Gasteiger partial charge on any atom is -0.365 e. The molecule has 29 heavy (non-hydrogen) atoms. The van der Waals surface area contributed by atoms with E-state index >= 15 is 0 Å². The quantitative estimate of drug-likeness (QED) is 0.818. The molecule has 0 aromatic heterocycles. The molecule has 1 N–H and O–H groups in total. The fourth-order valence-corrected chi connectivity index (χ4v) is 4.36. The van der Waals surface area contributed by atoms with Gasteiger partial charge in [0, 0.05) is 38.5 Å². The number of rotatable bonds is 6. The van der Waals surface area contributed by atoms with Crippen LogP contribution >= 0.6 is 0 Å². The summed E-state index contributed by atoms with van der Waals surface area (Å²) in [6.07, 6.45) is 3.76. The Kier molecular flexibility index (Phi) is 5.84. The Labute approximate surface area is 172 Å². The first kappa shape index (κ1) is 19.5. The van der Waals surface area contributed by atoms with Gasteiger partial charge in [-0.3, -0.25) is 9.59 Å². The van der Waals surface area contributed by atoms with Crippen LogP contribution in [0.4, 0.5) is 11.4 Å². The zero-order valence-electron chi connectivity index (χ0n) is 17.1. The van der Waals surface area contributed by atoms with Crippen LogP contribution in [-0.2, 0) is 22.6 Å². The second-order valence-electron chi connectivity index (χ2n) is 7.93. The highest BCUT2D eigenvalue weighted by molar-refractivity contribution is 5.99. The Hall–Kier alpha value is -2.82. The molecule has 2 aromatic carbocycles.